The number of nitrogens with zero attached hydrogens (tertiary/aromatic N) is 2. The fourth-order valence-corrected chi connectivity index (χ4v) is 1.78. The molecular formula is C16H20FN3O. The highest BCUT2D eigenvalue weighted by Gasteiger charge is 2.19. The van der Waals surface area contributed by atoms with Crippen molar-refractivity contribution in [2.45, 2.75) is 32.7 Å². The lowest BCUT2D eigenvalue weighted by atomic mass is 9.96. The Morgan fingerprint density at radius 1 is 1.19 bits per heavy atom. The Morgan fingerprint density at radius 3 is 2.52 bits per heavy atom. The van der Waals surface area contributed by atoms with Crippen LogP contribution in [-0.2, 0) is 12.0 Å². The van der Waals surface area contributed by atoms with Crippen molar-refractivity contribution in [3.63, 3.8) is 0 Å². The van der Waals surface area contributed by atoms with Crippen LogP contribution in [0.2, 0.25) is 0 Å². The molecule has 0 radical (unpaired) electrons. The zero-order valence-electron chi connectivity index (χ0n) is 12.8. The fourth-order valence-electron chi connectivity index (χ4n) is 1.78. The summed E-state index contributed by atoms with van der Waals surface area (Å²) in [6, 6.07) is 8.37. The summed E-state index contributed by atoms with van der Waals surface area (Å²) in [5.41, 5.74) is 0.399. The lowest BCUT2D eigenvalue weighted by Gasteiger charge is -2.18. The SMILES string of the molecule is COc1cc(NCc2ccccc2F)nc(C(C)(C)C)n1. The molecule has 0 unspecified atom stereocenters. The van der Waals surface area contributed by atoms with Crippen molar-refractivity contribution in [3.05, 3.63) is 47.5 Å². The largest absolute Gasteiger partial charge is 0.481 e. The number of ether oxygens (including phenoxy) is 1. The van der Waals surface area contributed by atoms with E-state index < -0.39 is 0 Å². The maximum atomic E-state index is 13.6. The van der Waals surface area contributed by atoms with Crippen molar-refractivity contribution in [1.29, 1.82) is 0 Å². The Morgan fingerprint density at radius 2 is 1.90 bits per heavy atom. The van der Waals surface area contributed by atoms with Crippen LogP contribution < -0.4 is 10.1 Å². The van der Waals surface area contributed by atoms with E-state index in [2.05, 4.69) is 15.3 Å². The minimum absolute atomic E-state index is 0.192. The average molecular weight is 289 g/mol. The normalized spacial score (nSPS) is 11.3. The molecule has 0 saturated carbocycles. The van der Waals surface area contributed by atoms with Crippen LogP contribution >= 0.6 is 0 Å². The van der Waals surface area contributed by atoms with E-state index in [-0.39, 0.29) is 11.2 Å². The number of hydrogen-bond donors (Lipinski definition) is 1. The average Bonchev–Trinajstić information content (AvgIpc) is 2.45. The summed E-state index contributed by atoms with van der Waals surface area (Å²) in [5.74, 6) is 1.56. The summed E-state index contributed by atoms with van der Waals surface area (Å²) in [4.78, 5) is 8.82. The second-order valence-electron chi connectivity index (χ2n) is 5.81. The molecule has 1 aromatic heterocycles. The molecule has 4 nitrogen and oxygen atoms in total. The maximum absolute atomic E-state index is 13.6. The molecule has 1 heterocycles. The fraction of sp³-hybridized carbons (Fsp3) is 0.375. The molecule has 0 bridgehead atoms. The van der Waals surface area contributed by atoms with E-state index in [0.29, 0.717) is 29.6 Å². The van der Waals surface area contributed by atoms with Crippen LogP contribution in [-0.4, -0.2) is 17.1 Å². The Hall–Kier alpha value is -2.17. The van der Waals surface area contributed by atoms with Crippen LogP contribution in [0.15, 0.2) is 30.3 Å². The molecule has 112 valence electrons. The first-order valence-corrected chi connectivity index (χ1v) is 6.81. The van der Waals surface area contributed by atoms with Crippen LogP contribution in [0.25, 0.3) is 0 Å². The van der Waals surface area contributed by atoms with Gasteiger partial charge in [-0.05, 0) is 6.07 Å². The third-order valence-electron chi connectivity index (χ3n) is 3.00. The first kappa shape index (κ1) is 15.2. The molecule has 1 N–H and O–H groups in total. The number of aromatic nitrogens is 2. The molecule has 0 fully saturated rings. The van der Waals surface area contributed by atoms with Gasteiger partial charge in [0.25, 0.3) is 0 Å². The monoisotopic (exact) mass is 289 g/mol. The molecule has 0 saturated heterocycles. The van der Waals surface area contributed by atoms with E-state index in [1.807, 2.05) is 20.8 Å². The Kier molecular flexibility index (Phi) is 4.40. The quantitative estimate of drug-likeness (QED) is 0.935. The minimum atomic E-state index is -0.234. The van der Waals surface area contributed by atoms with E-state index >= 15 is 0 Å². The zero-order valence-corrected chi connectivity index (χ0v) is 12.8. The summed E-state index contributed by atoms with van der Waals surface area (Å²) in [5, 5.41) is 3.12. The number of methoxy groups -OCH3 is 1. The Bertz CT molecular complexity index is 623. The predicted octanol–water partition coefficient (Wildman–Crippen LogP) is 3.53. The number of nitrogens with one attached hydrogen (secondary N) is 1. The molecule has 0 spiro atoms. The first-order valence-electron chi connectivity index (χ1n) is 6.81. The molecule has 0 amide bonds. The van der Waals surface area contributed by atoms with Gasteiger partial charge in [0, 0.05) is 23.6 Å². The molecule has 1 aromatic carbocycles. The van der Waals surface area contributed by atoms with E-state index in [4.69, 9.17) is 4.74 Å². The zero-order chi connectivity index (χ0) is 15.5. The summed E-state index contributed by atoms with van der Waals surface area (Å²) in [6.07, 6.45) is 0. The highest BCUT2D eigenvalue weighted by molar-refractivity contribution is 5.40. The van der Waals surface area contributed by atoms with Crippen LogP contribution in [0.4, 0.5) is 10.2 Å². The van der Waals surface area contributed by atoms with Crippen LogP contribution in [0.3, 0.4) is 0 Å². The molecule has 0 aliphatic rings. The van der Waals surface area contributed by atoms with Gasteiger partial charge >= 0.3 is 0 Å². The molecule has 0 atom stereocenters. The first-order chi connectivity index (χ1) is 9.90. The summed E-state index contributed by atoms with van der Waals surface area (Å²) in [6.45, 7) is 6.45. The summed E-state index contributed by atoms with van der Waals surface area (Å²) < 4.78 is 18.8. The Balaban J connectivity index is 2.22. The van der Waals surface area contributed by atoms with Crippen LogP contribution in [0.1, 0.15) is 32.2 Å². The van der Waals surface area contributed by atoms with Crippen LogP contribution in [0.5, 0.6) is 5.88 Å². The number of halogens is 1. The third-order valence-corrected chi connectivity index (χ3v) is 3.00. The highest BCUT2D eigenvalue weighted by atomic mass is 19.1. The predicted molar refractivity (Wildman–Crippen MR) is 81.0 cm³/mol. The smallest absolute Gasteiger partial charge is 0.218 e. The second-order valence-corrected chi connectivity index (χ2v) is 5.81. The van der Waals surface area contributed by atoms with Gasteiger partial charge in [0.05, 0.1) is 7.11 Å². The van der Waals surface area contributed by atoms with Gasteiger partial charge in [0.1, 0.15) is 17.5 Å². The van der Waals surface area contributed by atoms with Crippen molar-refractivity contribution in [1.82, 2.24) is 9.97 Å². The van der Waals surface area contributed by atoms with Crippen LogP contribution in [0, 0.1) is 5.82 Å². The van der Waals surface area contributed by atoms with E-state index in [1.54, 1.807) is 31.4 Å². The van der Waals surface area contributed by atoms with Crippen molar-refractivity contribution < 1.29 is 9.13 Å². The van der Waals surface area contributed by atoms with Crippen molar-refractivity contribution in [2.24, 2.45) is 0 Å². The maximum Gasteiger partial charge on any atom is 0.218 e. The van der Waals surface area contributed by atoms with Gasteiger partial charge in [-0.3, -0.25) is 0 Å². The van der Waals surface area contributed by atoms with E-state index in [0.717, 1.165) is 0 Å². The molecule has 21 heavy (non-hydrogen) atoms. The van der Waals surface area contributed by atoms with Gasteiger partial charge < -0.3 is 10.1 Å². The number of benzene rings is 1. The van der Waals surface area contributed by atoms with Crippen molar-refractivity contribution in [2.75, 3.05) is 12.4 Å². The van der Waals surface area contributed by atoms with Crippen molar-refractivity contribution >= 4 is 5.82 Å². The van der Waals surface area contributed by atoms with Gasteiger partial charge in [-0.15, -0.1) is 0 Å². The lowest BCUT2D eigenvalue weighted by Crippen LogP contribution is -2.17. The van der Waals surface area contributed by atoms with Crippen molar-refractivity contribution in [3.8, 4) is 5.88 Å². The highest BCUT2D eigenvalue weighted by Crippen LogP contribution is 2.23. The van der Waals surface area contributed by atoms with Gasteiger partial charge in [-0.1, -0.05) is 39.0 Å². The van der Waals surface area contributed by atoms with Gasteiger partial charge in [-0.25, -0.2) is 9.37 Å². The molecule has 2 aromatic rings. The lowest BCUT2D eigenvalue weighted by molar-refractivity contribution is 0.389. The number of hydrogen-bond acceptors (Lipinski definition) is 4. The third kappa shape index (κ3) is 3.90. The molecule has 0 aliphatic heterocycles. The second kappa shape index (κ2) is 6.08. The molecular weight excluding hydrogens is 269 g/mol. The molecule has 0 aliphatic carbocycles. The molecule has 2 rings (SSSR count). The van der Waals surface area contributed by atoms with E-state index in [1.165, 1.54) is 6.07 Å². The van der Waals surface area contributed by atoms with Gasteiger partial charge in [0.15, 0.2) is 0 Å². The van der Waals surface area contributed by atoms with E-state index in [9.17, 15) is 4.39 Å². The standard InChI is InChI=1S/C16H20FN3O/c1-16(2,3)15-19-13(9-14(20-15)21-4)18-10-11-7-5-6-8-12(11)17/h5-9H,10H2,1-4H3,(H,18,19,20). The Labute approximate surface area is 124 Å². The topological polar surface area (TPSA) is 47.0 Å². The summed E-state index contributed by atoms with van der Waals surface area (Å²) >= 11 is 0. The number of anilines is 1. The molecule has 5 heteroatoms. The summed E-state index contributed by atoms with van der Waals surface area (Å²) in [7, 11) is 1.56. The minimum Gasteiger partial charge on any atom is -0.481 e. The van der Waals surface area contributed by atoms with Gasteiger partial charge in [0.2, 0.25) is 5.88 Å². The van der Waals surface area contributed by atoms with Gasteiger partial charge in [-0.2, -0.15) is 4.98 Å². The number of rotatable bonds is 4.